The lowest BCUT2D eigenvalue weighted by atomic mass is 9.87. The van der Waals surface area contributed by atoms with Crippen molar-refractivity contribution in [2.45, 2.75) is 32.8 Å². The molecule has 1 heteroatoms. The third-order valence-electron chi connectivity index (χ3n) is 2.97. The zero-order valence-corrected chi connectivity index (χ0v) is 11.3. The van der Waals surface area contributed by atoms with Crippen molar-refractivity contribution >= 4 is 0 Å². The van der Waals surface area contributed by atoms with Gasteiger partial charge in [0.1, 0.15) is 12.4 Å². The summed E-state index contributed by atoms with van der Waals surface area (Å²) in [5.41, 5.74) is 2.71. The van der Waals surface area contributed by atoms with Crippen molar-refractivity contribution in [2.24, 2.45) is 0 Å². The molecule has 18 heavy (non-hydrogen) atoms. The van der Waals surface area contributed by atoms with Crippen LogP contribution in [-0.2, 0) is 12.0 Å². The van der Waals surface area contributed by atoms with Crippen LogP contribution in [0, 0.1) is 0 Å². The van der Waals surface area contributed by atoms with E-state index in [2.05, 4.69) is 45.0 Å². The Labute approximate surface area is 109 Å². The van der Waals surface area contributed by atoms with Crippen molar-refractivity contribution in [3.63, 3.8) is 0 Å². The van der Waals surface area contributed by atoms with E-state index >= 15 is 0 Å². The zero-order valence-electron chi connectivity index (χ0n) is 11.3. The van der Waals surface area contributed by atoms with E-state index in [1.807, 2.05) is 30.3 Å². The number of benzene rings is 2. The first kappa shape index (κ1) is 12.7. The lowest BCUT2D eigenvalue weighted by molar-refractivity contribution is 0.306. The van der Waals surface area contributed by atoms with Gasteiger partial charge in [-0.15, -0.1) is 0 Å². The predicted octanol–water partition coefficient (Wildman–Crippen LogP) is 4.56. The minimum atomic E-state index is 0.192. The third kappa shape index (κ3) is 3.36. The Morgan fingerprint density at radius 1 is 0.833 bits per heavy atom. The second-order valence-corrected chi connectivity index (χ2v) is 5.55. The van der Waals surface area contributed by atoms with E-state index in [0.717, 1.165) is 5.75 Å². The van der Waals surface area contributed by atoms with E-state index in [1.54, 1.807) is 0 Å². The lowest BCUT2D eigenvalue weighted by Crippen LogP contribution is -2.10. The molecule has 0 saturated heterocycles. The number of ether oxygens (including phenoxy) is 1. The molecule has 0 aliphatic heterocycles. The average Bonchev–Trinajstić information content (AvgIpc) is 2.37. The summed E-state index contributed by atoms with van der Waals surface area (Å²) in [6.45, 7) is 7.27. The molecule has 2 rings (SSSR count). The molecule has 0 bridgehead atoms. The number of hydrogen-bond donors (Lipinski definition) is 0. The van der Waals surface area contributed by atoms with Crippen molar-refractivity contribution < 1.29 is 4.74 Å². The second kappa shape index (κ2) is 5.26. The van der Waals surface area contributed by atoms with Crippen LogP contribution in [0.25, 0.3) is 0 Å². The van der Waals surface area contributed by atoms with Gasteiger partial charge in [-0.05, 0) is 28.7 Å². The molecule has 0 radical (unpaired) electrons. The van der Waals surface area contributed by atoms with E-state index in [4.69, 9.17) is 4.74 Å². The van der Waals surface area contributed by atoms with Gasteiger partial charge in [0.2, 0.25) is 0 Å². The Bertz CT molecular complexity index is 477. The van der Waals surface area contributed by atoms with Gasteiger partial charge in [-0.3, -0.25) is 0 Å². The van der Waals surface area contributed by atoms with Crippen molar-refractivity contribution in [3.05, 3.63) is 65.7 Å². The Kier molecular flexibility index (Phi) is 3.71. The summed E-state index contributed by atoms with van der Waals surface area (Å²) in [7, 11) is 0. The normalized spacial score (nSPS) is 11.3. The van der Waals surface area contributed by atoms with Crippen molar-refractivity contribution in [1.29, 1.82) is 0 Å². The minimum absolute atomic E-state index is 0.192. The average molecular weight is 240 g/mol. The molecule has 0 aliphatic carbocycles. The van der Waals surface area contributed by atoms with Gasteiger partial charge < -0.3 is 4.74 Å². The largest absolute Gasteiger partial charge is 0.489 e. The molecule has 0 atom stereocenters. The fourth-order valence-corrected chi connectivity index (χ4v) is 1.79. The highest BCUT2D eigenvalue weighted by Crippen LogP contribution is 2.24. The SMILES string of the molecule is CC(C)(C)c1ccc(OCc2ccccc2)cc1. The molecular formula is C17H20O. The molecule has 0 amide bonds. The standard InChI is InChI=1S/C17H20O/c1-17(2,3)15-9-11-16(12-10-15)18-13-14-7-5-4-6-8-14/h4-12H,13H2,1-3H3. The first-order valence-corrected chi connectivity index (χ1v) is 6.33. The maximum atomic E-state index is 5.76. The van der Waals surface area contributed by atoms with Crippen LogP contribution >= 0.6 is 0 Å². The van der Waals surface area contributed by atoms with Crippen LogP contribution in [0.5, 0.6) is 5.75 Å². The monoisotopic (exact) mass is 240 g/mol. The highest BCUT2D eigenvalue weighted by molar-refractivity contribution is 5.31. The second-order valence-electron chi connectivity index (χ2n) is 5.55. The highest BCUT2D eigenvalue weighted by Gasteiger charge is 2.12. The van der Waals surface area contributed by atoms with E-state index < -0.39 is 0 Å². The van der Waals surface area contributed by atoms with Crippen LogP contribution in [0.2, 0.25) is 0 Å². The van der Waals surface area contributed by atoms with Gasteiger partial charge in [0.15, 0.2) is 0 Å². The third-order valence-corrected chi connectivity index (χ3v) is 2.97. The van der Waals surface area contributed by atoms with Crippen LogP contribution in [0.15, 0.2) is 54.6 Å². The Morgan fingerprint density at radius 3 is 2.00 bits per heavy atom. The molecule has 0 fully saturated rings. The van der Waals surface area contributed by atoms with Gasteiger partial charge in [0.05, 0.1) is 0 Å². The summed E-state index contributed by atoms with van der Waals surface area (Å²) in [6, 6.07) is 18.6. The van der Waals surface area contributed by atoms with Gasteiger partial charge >= 0.3 is 0 Å². The van der Waals surface area contributed by atoms with Crippen molar-refractivity contribution in [2.75, 3.05) is 0 Å². The molecule has 0 unspecified atom stereocenters. The fraction of sp³-hybridized carbons (Fsp3) is 0.294. The summed E-state index contributed by atoms with van der Waals surface area (Å²) in [4.78, 5) is 0. The van der Waals surface area contributed by atoms with E-state index in [-0.39, 0.29) is 5.41 Å². The summed E-state index contributed by atoms with van der Waals surface area (Å²) >= 11 is 0. The maximum Gasteiger partial charge on any atom is 0.119 e. The molecule has 2 aromatic carbocycles. The molecular weight excluding hydrogens is 220 g/mol. The molecule has 0 spiro atoms. The van der Waals surface area contributed by atoms with Crippen LogP contribution in [0.3, 0.4) is 0 Å². The molecule has 0 saturated carbocycles. The Morgan fingerprint density at radius 2 is 1.44 bits per heavy atom. The molecule has 2 aromatic rings. The molecule has 0 heterocycles. The predicted molar refractivity (Wildman–Crippen MR) is 75.9 cm³/mol. The van der Waals surface area contributed by atoms with E-state index in [9.17, 15) is 0 Å². The molecule has 1 nitrogen and oxygen atoms in total. The quantitative estimate of drug-likeness (QED) is 0.764. The van der Waals surface area contributed by atoms with Crippen molar-refractivity contribution in [1.82, 2.24) is 0 Å². The molecule has 94 valence electrons. The van der Waals surface area contributed by atoms with Crippen LogP contribution < -0.4 is 4.74 Å². The topological polar surface area (TPSA) is 9.23 Å². The summed E-state index contributed by atoms with van der Waals surface area (Å²) in [5.74, 6) is 0.923. The summed E-state index contributed by atoms with van der Waals surface area (Å²) in [5, 5.41) is 0. The first-order chi connectivity index (χ1) is 8.55. The fourth-order valence-electron chi connectivity index (χ4n) is 1.79. The summed E-state index contributed by atoms with van der Waals surface area (Å²) in [6.07, 6.45) is 0. The van der Waals surface area contributed by atoms with Crippen LogP contribution in [0.1, 0.15) is 31.9 Å². The summed E-state index contributed by atoms with van der Waals surface area (Å²) < 4.78 is 5.76. The van der Waals surface area contributed by atoms with Gasteiger partial charge in [0.25, 0.3) is 0 Å². The smallest absolute Gasteiger partial charge is 0.119 e. The molecule has 0 N–H and O–H groups in total. The minimum Gasteiger partial charge on any atom is -0.489 e. The molecule has 0 aromatic heterocycles. The number of hydrogen-bond acceptors (Lipinski definition) is 1. The van der Waals surface area contributed by atoms with E-state index in [1.165, 1.54) is 11.1 Å². The first-order valence-electron chi connectivity index (χ1n) is 6.33. The van der Waals surface area contributed by atoms with Crippen LogP contribution in [0.4, 0.5) is 0 Å². The Balaban J connectivity index is 1.99. The zero-order chi connectivity index (χ0) is 13.0. The van der Waals surface area contributed by atoms with Gasteiger partial charge in [0, 0.05) is 0 Å². The lowest BCUT2D eigenvalue weighted by Gasteiger charge is -2.19. The maximum absolute atomic E-state index is 5.76. The van der Waals surface area contributed by atoms with Crippen molar-refractivity contribution in [3.8, 4) is 5.75 Å². The molecule has 0 aliphatic rings. The van der Waals surface area contributed by atoms with E-state index in [0.29, 0.717) is 6.61 Å². The van der Waals surface area contributed by atoms with Gasteiger partial charge in [-0.25, -0.2) is 0 Å². The van der Waals surface area contributed by atoms with Gasteiger partial charge in [-0.2, -0.15) is 0 Å². The number of rotatable bonds is 3. The Hall–Kier alpha value is -1.76. The van der Waals surface area contributed by atoms with Crippen LogP contribution in [-0.4, -0.2) is 0 Å². The van der Waals surface area contributed by atoms with Gasteiger partial charge in [-0.1, -0.05) is 63.2 Å². The highest BCUT2D eigenvalue weighted by atomic mass is 16.5.